The first-order chi connectivity index (χ1) is 10.1. The van der Waals surface area contributed by atoms with Crippen LogP contribution in [0.4, 0.5) is 5.69 Å². The van der Waals surface area contributed by atoms with E-state index < -0.39 is 0 Å². The van der Waals surface area contributed by atoms with Crippen molar-refractivity contribution in [2.75, 3.05) is 0 Å². The maximum Gasteiger partial charge on any atom is 0.269 e. The molecule has 21 heavy (non-hydrogen) atoms. The molecule has 0 saturated heterocycles. The first-order valence-electron chi connectivity index (χ1n) is 7.23. The van der Waals surface area contributed by atoms with Crippen LogP contribution in [0.15, 0.2) is 36.7 Å². The summed E-state index contributed by atoms with van der Waals surface area (Å²) in [5.74, 6) is 0. The molecule has 1 aromatic carbocycles. The maximum atomic E-state index is 10.8. The van der Waals surface area contributed by atoms with Crippen LogP contribution in [0.5, 0.6) is 0 Å². The van der Waals surface area contributed by atoms with Gasteiger partial charge in [0.25, 0.3) is 5.69 Å². The quantitative estimate of drug-likeness (QED) is 0.535. The van der Waals surface area contributed by atoms with Crippen LogP contribution in [-0.2, 0) is 13.0 Å². The second-order valence-corrected chi connectivity index (χ2v) is 5.60. The molecular weight excluding hydrogens is 268 g/mol. The number of rotatable bonds is 3. The van der Waals surface area contributed by atoms with Crippen molar-refractivity contribution in [1.29, 1.82) is 0 Å². The normalized spacial score (nSPS) is 18.0. The van der Waals surface area contributed by atoms with Gasteiger partial charge in [0.1, 0.15) is 0 Å². The monoisotopic (exact) mass is 286 g/mol. The lowest BCUT2D eigenvalue weighted by molar-refractivity contribution is -0.384. The molecule has 5 heteroatoms. The molecule has 0 aliphatic heterocycles. The van der Waals surface area contributed by atoms with Crippen LogP contribution >= 0.6 is 0 Å². The predicted molar refractivity (Wildman–Crippen MR) is 79.1 cm³/mol. The third-order valence-electron chi connectivity index (χ3n) is 4.02. The van der Waals surface area contributed by atoms with Gasteiger partial charge in [-0.2, -0.15) is 0 Å². The molecule has 1 N–H and O–H groups in total. The number of fused-ring (bicyclic) bond motifs is 1. The highest BCUT2D eigenvalue weighted by Gasteiger charge is 2.18. The van der Waals surface area contributed by atoms with Gasteiger partial charge in [-0.05, 0) is 30.4 Å². The highest BCUT2D eigenvalue weighted by molar-refractivity contribution is 5.35. The molecule has 5 nitrogen and oxygen atoms in total. The molecule has 1 aliphatic carbocycles. The van der Waals surface area contributed by atoms with Crippen molar-refractivity contribution in [3.63, 3.8) is 0 Å². The van der Waals surface area contributed by atoms with Gasteiger partial charge in [-0.15, -0.1) is 0 Å². The van der Waals surface area contributed by atoms with E-state index in [9.17, 15) is 15.2 Å². The van der Waals surface area contributed by atoms with Crippen LogP contribution in [0.3, 0.4) is 0 Å². The second kappa shape index (κ2) is 5.69. The lowest BCUT2D eigenvalue weighted by atomic mass is 10.1. The Kier molecular flexibility index (Phi) is 3.75. The SMILES string of the molecule is O=[N+]([O-])c1cccc(Cn2cc3c(c2)C(O)CCCC3)c1. The topological polar surface area (TPSA) is 68.3 Å². The number of benzene rings is 1. The fourth-order valence-electron chi connectivity index (χ4n) is 2.96. The molecule has 0 radical (unpaired) electrons. The molecular formula is C16H18N2O3. The van der Waals surface area contributed by atoms with E-state index in [2.05, 4.69) is 6.20 Å². The highest BCUT2D eigenvalue weighted by Crippen LogP contribution is 2.29. The summed E-state index contributed by atoms with van der Waals surface area (Å²) in [5.41, 5.74) is 3.22. The van der Waals surface area contributed by atoms with E-state index in [0.717, 1.165) is 36.8 Å². The number of nitrogens with zero attached hydrogens (tertiary/aromatic N) is 2. The molecule has 0 amide bonds. The van der Waals surface area contributed by atoms with Crippen LogP contribution in [0.2, 0.25) is 0 Å². The van der Waals surface area contributed by atoms with Gasteiger partial charge in [0.15, 0.2) is 0 Å². The zero-order valence-corrected chi connectivity index (χ0v) is 11.7. The van der Waals surface area contributed by atoms with Gasteiger partial charge in [0.05, 0.1) is 11.0 Å². The Labute approximate surface area is 123 Å². The van der Waals surface area contributed by atoms with Crippen molar-refractivity contribution in [3.05, 3.63) is 63.5 Å². The third kappa shape index (κ3) is 2.97. The summed E-state index contributed by atoms with van der Waals surface area (Å²) in [6.45, 7) is 0.585. The van der Waals surface area contributed by atoms with Crippen molar-refractivity contribution in [2.24, 2.45) is 0 Å². The molecule has 1 heterocycles. The van der Waals surface area contributed by atoms with Gasteiger partial charge < -0.3 is 9.67 Å². The van der Waals surface area contributed by atoms with Crippen molar-refractivity contribution in [3.8, 4) is 0 Å². The van der Waals surface area contributed by atoms with E-state index in [4.69, 9.17) is 0 Å². The first kappa shape index (κ1) is 13.8. The summed E-state index contributed by atoms with van der Waals surface area (Å²) in [5, 5.41) is 20.9. The number of aromatic nitrogens is 1. The number of nitro groups is 1. The van der Waals surface area contributed by atoms with E-state index in [1.807, 2.05) is 16.8 Å². The maximum absolute atomic E-state index is 10.8. The molecule has 0 fully saturated rings. The van der Waals surface area contributed by atoms with E-state index in [1.54, 1.807) is 12.1 Å². The number of aliphatic hydroxyl groups is 1. The second-order valence-electron chi connectivity index (χ2n) is 5.60. The van der Waals surface area contributed by atoms with Gasteiger partial charge in [-0.1, -0.05) is 18.6 Å². The fraction of sp³-hybridized carbons (Fsp3) is 0.375. The van der Waals surface area contributed by atoms with Crippen LogP contribution in [0.25, 0.3) is 0 Å². The number of hydrogen-bond donors (Lipinski definition) is 1. The standard InChI is InChI=1S/C16H18N2O3/c19-16-7-2-1-5-13-10-17(11-15(13)16)9-12-4-3-6-14(8-12)18(20)21/h3-4,6,8,10-11,16,19H,1-2,5,7,9H2. The highest BCUT2D eigenvalue weighted by atomic mass is 16.6. The van der Waals surface area contributed by atoms with Gasteiger partial charge in [-0.25, -0.2) is 0 Å². The summed E-state index contributed by atoms with van der Waals surface area (Å²) in [4.78, 5) is 10.4. The zero-order chi connectivity index (χ0) is 14.8. The molecule has 1 aromatic heterocycles. The van der Waals surface area contributed by atoms with E-state index in [0.29, 0.717) is 6.54 Å². The van der Waals surface area contributed by atoms with Crippen molar-refractivity contribution < 1.29 is 10.0 Å². The molecule has 3 rings (SSSR count). The minimum atomic E-state index is -0.381. The molecule has 1 aliphatic rings. The lowest BCUT2D eigenvalue weighted by Gasteiger charge is -2.06. The Morgan fingerprint density at radius 2 is 2.19 bits per heavy atom. The van der Waals surface area contributed by atoms with Crippen LogP contribution in [0, 0.1) is 10.1 Å². The Morgan fingerprint density at radius 3 is 3.00 bits per heavy atom. The van der Waals surface area contributed by atoms with Gasteiger partial charge in [0, 0.05) is 36.6 Å². The summed E-state index contributed by atoms with van der Waals surface area (Å²) in [6.07, 6.45) is 7.62. The Morgan fingerprint density at radius 1 is 1.33 bits per heavy atom. The van der Waals surface area contributed by atoms with Gasteiger partial charge in [0.2, 0.25) is 0 Å². The number of hydrogen-bond acceptors (Lipinski definition) is 3. The van der Waals surface area contributed by atoms with E-state index in [1.165, 1.54) is 11.6 Å². The van der Waals surface area contributed by atoms with Gasteiger partial charge >= 0.3 is 0 Å². The Balaban J connectivity index is 1.84. The van der Waals surface area contributed by atoms with Crippen LogP contribution in [0.1, 0.15) is 42.1 Å². The minimum Gasteiger partial charge on any atom is -0.388 e. The number of aliphatic hydroxyl groups excluding tert-OH is 1. The summed E-state index contributed by atoms with van der Waals surface area (Å²) in [7, 11) is 0. The average molecular weight is 286 g/mol. The molecule has 1 atom stereocenters. The Bertz CT molecular complexity index is 663. The first-order valence-corrected chi connectivity index (χ1v) is 7.23. The largest absolute Gasteiger partial charge is 0.388 e. The summed E-state index contributed by atoms with van der Waals surface area (Å²) in [6, 6.07) is 6.69. The average Bonchev–Trinajstić information content (AvgIpc) is 2.79. The zero-order valence-electron chi connectivity index (χ0n) is 11.7. The molecule has 1 unspecified atom stereocenters. The third-order valence-corrected chi connectivity index (χ3v) is 4.02. The van der Waals surface area contributed by atoms with Crippen LogP contribution < -0.4 is 0 Å². The number of nitro benzene ring substituents is 1. The smallest absolute Gasteiger partial charge is 0.269 e. The molecule has 0 spiro atoms. The fourth-order valence-corrected chi connectivity index (χ4v) is 2.96. The molecule has 110 valence electrons. The minimum absolute atomic E-state index is 0.112. The summed E-state index contributed by atoms with van der Waals surface area (Å²) < 4.78 is 2.01. The Hall–Kier alpha value is -2.14. The summed E-state index contributed by atoms with van der Waals surface area (Å²) >= 11 is 0. The molecule has 0 saturated carbocycles. The molecule has 0 bridgehead atoms. The number of non-ortho nitro benzene ring substituents is 1. The van der Waals surface area contributed by atoms with Gasteiger partial charge in [-0.3, -0.25) is 10.1 Å². The van der Waals surface area contributed by atoms with Crippen molar-refractivity contribution in [2.45, 2.75) is 38.3 Å². The number of aryl methyl sites for hydroxylation is 1. The van der Waals surface area contributed by atoms with E-state index in [-0.39, 0.29) is 16.7 Å². The lowest BCUT2D eigenvalue weighted by Crippen LogP contribution is -1.99. The predicted octanol–water partition coefficient (Wildman–Crippen LogP) is 3.20. The molecule has 2 aromatic rings. The van der Waals surface area contributed by atoms with E-state index >= 15 is 0 Å². The van der Waals surface area contributed by atoms with Crippen molar-refractivity contribution >= 4 is 5.69 Å². The van der Waals surface area contributed by atoms with Crippen LogP contribution in [-0.4, -0.2) is 14.6 Å². The van der Waals surface area contributed by atoms with Crippen molar-refractivity contribution in [1.82, 2.24) is 4.57 Å².